The molecule has 1 unspecified atom stereocenters. The summed E-state index contributed by atoms with van der Waals surface area (Å²) in [5.74, 6) is -0.0621. The maximum atomic E-state index is 12.7. The first-order valence-corrected chi connectivity index (χ1v) is 8.51. The van der Waals surface area contributed by atoms with E-state index in [9.17, 15) is 9.59 Å². The Morgan fingerprint density at radius 3 is 2.65 bits per heavy atom. The number of carbonyl (C=O) groups excluding carboxylic acids is 2. The van der Waals surface area contributed by atoms with Crippen LogP contribution in [0.2, 0.25) is 0 Å². The minimum absolute atomic E-state index is 0.291. The topological polar surface area (TPSA) is 99.9 Å². The Morgan fingerprint density at radius 1 is 1.27 bits per heavy atom. The predicted octanol–water partition coefficient (Wildman–Crippen LogP) is 3.04. The smallest absolute Gasteiger partial charge is 0.339 e. The van der Waals surface area contributed by atoms with Crippen molar-refractivity contribution in [3.05, 3.63) is 52.6 Å². The van der Waals surface area contributed by atoms with Crippen LogP contribution in [0, 0.1) is 6.92 Å². The number of carbonyl (C=O) groups is 2. The third-order valence-electron chi connectivity index (χ3n) is 4.46. The summed E-state index contributed by atoms with van der Waals surface area (Å²) in [7, 11) is 1.33. The van der Waals surface area contributed by atoms with Gasteiger partial charge < -0.3 is 20.0 Å². The van der Waals surface area contributed by atoms with Gasteiger partial charge in [0.2, 0.25) is 0 Å². The Kier molecular flexibility index (Phi) is 4.79. The summed E-state index contributed by atoms with van der Waals surface area (Å²) in [5, 5.41) is 2.92. The van der Waals surface area contributed by atoms with Crippen molar-refractivity contribution >= 4 is 22.9 Å². The fourth-order valence-corrected chi connectivity index (χ4v) is 3.04. The van der Waals surface area contributed by atoms with E-state index in [2.05, 4.69) is 20.3 Å². The second-order valence-corrected chi connectivity index (χ2v) is 6.16. The summed E-state index contributed by atoms with van der Waals surface area (Å²) in [6.45, 7) is 5.51. The number of benzene rings is 1. The fraction of sp³-hybridized carbons (Fsp3) is 0.316. The molecule has 3 rings (SSSR count). The largest absolute Gasteiger partial charge is 0.465 e. The number of amides is 1. The van der Waals surface area contributed by atoms with Crippen LogP contribution in [0.25, 0.3) is 11.0 Å². The van der Waals surface area contributed by atoms with E-state index in [0.29, 0.717) is 34.8 Å². The molecule has 7 heteroatoms. The van der Waals surface area contributed by atoms with Gasteiger partial charge in [0.15, 0.2) is 0 Å². The number of hydrogen-bond donors (Lipinski definition) is 3. The molecule has 0 radical (unpaired) electrons. The average molecular weight is 354 g/mol. The molecule has 0 bridgehead atoms. The van der Waals surface area contributed by atoms with E-state index < -0.39 is 5.97 Å². The number of H-pyrrole nitrogens is 2. The van der Waals surface area contributed by atoms with E-state index in [4.69, 9.17) is 4.74 Å². The second-order valence-electron chi connectivity index (χ2n) is 6.16. The Balaban J connectivity index is 1.85. The van der Waals surface area contributed by atoms with Gasteiger partial charge in [-0.15, -0.1) is 0 Å². The SMILES string of the molecule is CCc1[nH]c(C(=O)NC(C)c2nc3ccccc3[nH]2)c(C)c1C(=O)OC. The highest BCUT2D eigenvalue weighted by molar-refractivity contribution is 6.00. The Morgan fingerprint density at radius 2 is 2.00 bits per heavy atom. The van der Waals surface area contributed by atoms with Crippen molar-refractivity contribution in [1.82, 2.24) is 20.3 Å². The van der Waals surface area contributed by atoms with Crippen LogP contribution in [0.4, 0.5) is 0 Å². The lowest BCUT2D eigenvalue weighted by atomic mass is 10.1. The molecule has 1 aromatic carbocycles. The summed E-state index contributed by atoms with van der Waals surface area (Å²) in [4.78, 5) is 35.5. The van der Waals surface area contributed by atoms with Gasteiger partial charge in [-0.3, -0.25) is 4.79 Å². The number of aromatic nitrogens is 3. The van der Waals surface area contributed by atoms with Gasteiger partial charge in [-0.25, -0.2) is 9.78 Å². The van der Waals surface area contributed by atoms with Crippen LogP contribution in [0.5, 0.6) is 0 Å². The molecule has 0 saturated heterocycles. The highest BCUT2D eigenvalue weighted by Crippen LogP contribution is 2.21. The molecule has 2 heterocycles. The highest BCUT2D eigenvalue weighted by Gasteiger charge is 2.25. The molecule has 0 fully saturated rings. The lowest BCUT2D eigenvalue weighted by Crippen LogP contribution is -2.28. The molecular formula is C19H22N4O3. The molecular weight excluding hydrogens is 332 g/mol. The zero-order valence-corrected chi connectivity index (χ0v) is 15.3. The summed E-state index contributed by atoms with van der Waals surface area (Å²) in [5.41, 5.74) is 3.84. The van der Waals surface area contributed by atoms with Gasteiger partial charge in [-0.05, 0) is 38.0 Å². The van der Waals surface area contributed by atoms with Crippen molar-refractivity contribution in [2.75, 3.05) is 7.11 Å². The van der Waals surface area contributed by atoms with Crippen molar-refractivity contribution in [3.63, 3.8) is 0 Å². The van der Waals surface area contributed by atoms with Gasteiger partial charge in [-0.1, -0.05) is 19.1 Å². The maximum Gasteiger partial charge on any atom is 0.339 e. The summed E-state index contributed by atoms with van der Waals surface area (Å²) < 4.78 is 4.83. The minimum atomic E-state index is -0.444. The number of nitrogens with zero attached hydrogens (tertiary/aromatic N) is 1. The van der Waals surface area contributed by atoms with Crippen LogP contribution in [0.3, 0.4) is 0 Å². The Hall–Kier alpha value is -3.09. The maximum absolute atomic E-state index is 12.7. The molecule has 1 amide bonds. The van der Waals surface area contributed by atoms with E-state index >= 15 is 0 Å². The number of nitrogens with one attached hydrogen (secondary N) is 3. The first-order valence-electron chi connectivity index (χ1n) is 8.51. The average Bonchev–Trinajstić information content (AvgIpc) is 3.22. The zero-order chi connectivity index (χ0) is 18.8. The van der Waals surface area contributed by atoms with E-state index in [-0.39, 0.29) is 11.9 Å². The number of fused-ring (bicyclic) bond motifs is 1. The number of esters is 1. The van der Waals surface area contributed by atoms with Crippen molar-refractivity contribution < 1.29 is 14.3 Å². The molecule has 1 atom stereocenters. The molecule has 0 spiro atoms. The number of aromatic amines is 2. The van der Waals surface area contributed by atoms with Crippen molar-refractivity contribution in [2.24, 2.45) is 0 Å². The number of hydrogen-bond acceptors (Lipinski definition) is 4. The highest BCUT2D eigenvalue weighted by atomic mass is 16.5. The number of imidazole rings is 1. The van der Waals surface area contributed by atoms with Crippen LogP contribution in [-0.2, 0) is 11.2 Å². The van der Waals surface area contributed by atoms with E-state index in [0.717, 1.165) is 11.0 Å². The number of aryl methyl sites for hydroxylation is 1. The molecule has 2 aromatic heterocycles. The van der Waals surface area contributed by atoms with Crippen LogP contribution in [0.15, 0.2) is 24.3 Å². The second kappa shape index (κ2) is 7.03. The first kappa shape index (κ1) is 17.7. The summed E-state index contributed by atoms with van der Waals surface area (Å²) in [6.07, 6.45) is 0.595. The third-order valence-corrected chi connectivity index (χ3v) is 4.46. The van der Waals surface area contributed by atoms with E-state index in [1.807, 2.05) is 38.1 Å². The monoisotopic (exact) mass is 354 g/mol. The molecule has 26 heavy (non-hydrogen) atoms. The van der Waals surface area contributed by atoms with Crippen LogP contribution >= 0.6 is 0 Å². The summed E-state index contributed by atoms with van der Waals surface area (Å²) >= 11 is 0. The number of para-hydroxylation sites is 2. The minimum Gasteiger partial charge on any atom is -0.465 e. The van der Waals surface area contributed by atoms with Crippen LogP contribution < -0.4 is 5.32 Å². The van der Waals surface area contributed by atoms with Crippen LogP contribution in [-0.4, -0.2) is 33.9 Å². The number of rotatable bonds is 5. The molecule has 7 nitrogen and oxygen atoms in total. The predicted molar refractivity (Wildman–Crippen MR) is 98.2 cm³/mol. The lowest BCUT2D eigenvalue weighted by molar-refractivity contribution is 0.0599. The Bertz CT molecular complexity index is 937. The molecule has 3 aromatic rings. The molecule has 0 aliphatic carbocycles. The van der Waals surface area contributed by atoms with E-state index in [1.165, 1.54) is 7.11 Å². The van der Waals surface area contributed by atoms with Gasteiger partial charge in [0, 0.05) is 5.69 Å². The molecule has 0 aliphatic heterocycles. The standard InChI is InChI=1S/C19H22N4O3/c1-5-12-15(19(25)26-4)10(2)16(21-12)18(24)20-11(3)17-22-13-8-6-7-9-14(13)23-17/h6-9,11,21H,5H2,1-4H3,(H,20,24)(H,22,23). The molecule has 3 N–H and O–H groups in total. The lowest BCUT2D eigenvalue weighted by Gasteiger charge is -2.11. The van der Waals surface area contributed by atoms with Crippen molar-refractivity contribution in [1.29, 1.82) is 0 Å². The van der Waals surface area contributed by atoms with Gasteiger partial charge in [0.1, 0.15) is 11.5 Å². The van der Waals surface area contributed by atoms with Gasteiger partial charge in [0.05, 0.1) is 29.7 Å². The molecule has 0 aliphatic rings. The fourth-order valence-electron chi connectivity index (χ4n) is 3.04. The normalized spacial score (nSPS) is 12.2. The Labute approximate surface area is 151 Å². The van der Waals surface area contributed by atoms with Crippen LogP contribution in [0.1, 0.15) is 57.8 Å². The summed E-state index contributed by atoms with van der Waals surface area (Å²) in [6, 6.07) is 7.38. The van der Waals surface area contributed by atoms with Crippen molar-refractivity contribution in [2.45, 2.75) is 33.2 Å². The number of ether oxygens (including phenoxy) is 1. The third kappa shape index (κ3) is 3.08. The molecule has 136 valence electrons. The van der Waals surface area contributed by atoms with E-state index in [1.54, 1.807) is 6.92 Å². The number of methoxy groups -OCH3 is 1. The first-order chi connectivity index (χ1) is 12.5. The van der Waals surface area contributed by atoms with Crippen molar-refractivity contribution in [3.8, 4) is 0 Å². The zero-order valence-electron chi connectivity index (χ0n) is 15.3. The molecule has 0 saturated carbocycles. The van der Waals surface area contributed by atoms with Gasteiger partial charge in [0.25, 0.3) is 5.91 Å². The van der Waals surface area contributed by atoms with Gasteiger partial charge >= 0.3 is 5.97 Å². The van der Waals surface area contributed by atoms with Gasteiger partial charge in [-0.2, -0.15) is 0 Å². The quantitative estimate of drug-likeness (QED) is 0.613.